The minimum atomic E-state index is -0.948. The number of hydrogen-bond donors (Lipinski definition) is 1. The topological polar surface area (TPSA) is 52.3 Å². The molecule has 0 radical (unpaired) electrons. The quantitative estimate of drug-likeness (QED) is 0.752. The third-order valence-electron chi connectivity index (χ3n) is 1.49. The number of ether oxygens (including phenoxy) is 1. The number of nitrogens with two attached hydrogens (primary N) is 1. The second kappa shape index (κ2) is 3.38. The van der Waals surface area contributed by atoms with E-state index < -0.39 is 23.3 Å². The lowest BCUT2D eigenvalue weighted by atomic mass is 10.2. The summed E-state index contributed by atoms with van der Waals surface area (Å²) in [5.74, 6) is -3.31. The number of benzene rings is 1. The van der Waals surface area contributed by atoms with E-state index in [1.54, 1.807) is 0 Å². The van der Waals surface area contributed by atoms with E-state index >= 15 is 0 Å². The second-order valence-electron chi connectivity index (χ2n) is 2.34. The molecule has 0 bridgehead atoms. The van der Waals surface area contributed by atoms with Crippen LogP contribution in [0.25, 0.3) is 0 Å². The van der Waals surface area contributed by atoms with Gasteiger partial charge in [0.1, 0.15) is 0 Å². The minimum absolute atomic E-state index is 0.226. The van der Waals surface area contributed by atoms with E-state index in [1.165, 1.54) is 0 Å². The van der Waals surface area contributed by atoms with Gasteiger partial charge in [0.25, 0.3) is 0 Å². The first kappa shape index (κ1) is 9.44. The summed E-state index contributed by atoms with van der Waals surface area (Å²) >= 11 is 0. The Bertz CT molecular complexity index is 329. The molecule has 2 N–H and O–H groups in total. The van der Waals surface area contributed by atoms with E-state index in [0.29, 0.717) is 0 Å². The van der Waals surface area contributed by atoms with Gasteiger partial charge in [-0.25, -0.2) is 8.78 Å². The van der Waals surface area contributed by atoms with Crippen LogP contribution in [-0.4, -0.2) is 13.0 Å². The fourth-order valence-electron chi connectivity index (χ4n) is 0.897. The highest BCUT2D eigenvalue weighted by atomic mass is 19.1. The maximum absolute atomic E-state index is 12.9. The summed E-state index contributed by atoms with van der Waals surface area (Å²) in [5, 5.41) is 0. The Morgan fingerprint density at radius 1 is 1.38 bits per heavy atom. The summed E-state index contributed by atoms with van der Waals surface area (Å²) in [5.41, 5.74) is 4.60. The Kier molecular flexibility index (Phi) is 2.46. The van der Waals surface area contributed by atoms with Crippen LogP contribution in [0, 0.1) is 11.6 Å². The summed E-state index contributed by atoms with van der Waals surface area (Å²) in [7, 11) is 1.13. The zero-order chi connectivity index (χ0) is 10.0. The molecule has 0 saturated carbocycles. The summed E-state index contributed by atoms with van der Waals surface area (Å²) < 4.78 is 30.2. The van der Waals surface area contributed by atoms with E-state index in [1.807, 2.05) is 0 Å². The van der Waals surface area contributed by atoms with Crippen molar-refractivity contribution in [2.75, 3.05) is 7.11 Å². The highest BCUT2D eigenvalue weighted by Crippen LogP contribution is 2.22. The van der Waals surface area contributed by atoms with Gasteiger partial charge in [-0.1, -0.05) is 0 Å². The van der Waals surface area contributed by atoms with E-state index in [9.17, 15) is 13.6 Å². The van der Waals surface area contributed by atoms with E-state index in [0.717, 1.165) is 19.2 Å². The molecule has 0 unspecified atom stereocenters. The third-order valence-corrected chi connectivity index (χ3v) is 1.49. The van der Waals surface area contributed by atoms with Crippen LogP contribution in [0.1, 0.15) is 10.4 Å². The fourth-order valence-corrected chi connectivity index (χ4v) is 0.897. The SMILES string of the molecule is COc1c(F)cc(C(N)=O)cc1F. The monoisotopic (exact) mass is 187 g/mol. The van der Waals surface area contributed by atoms with Gasteiger partial charge in [0.15, 0.2) is 17.4 Å². The average molecular weight is 187 g/mol. The number of carbonyl (C=O) groups is 1. The van der Waals surface area contributed by atoms with Gasteiger partial charge < -0.3 is 10.5 Å². The third kappa shape index (κ3) is 1.74. The average Bonchev–Trinajstić information content (AvgIpc) is 2.03. The molecular weight excluding hydrogens is 180 g/mol. The Balaban J connectivity index is 3.28. The van der Waals surface area contributed by atoms with Gasteiger partial charge in [0.05, 0.1) is 7.11 Å². The van der Waals surface area contributed by atoms with Crippen molar-refractivity contribution in [1.29, 1.82) is 0 Å². The van der Waals surface area contributed by atoms with Crippen molar-refractivity contribution in [3.63, 3.8) is 0 Å². The van der Waals surface area contributed by atoms with Gasteiger partial charge in [0, 0.05) is 5.56 Å². The lowest BCUT2D eigenvalue weighted by Crippen LogP contribution is -2.12. The van der Waals surface area contributed by atoms with Crippen molar-refractivity contribution in [1.82, 2.24) is 0 Å². The minimum Gasteiger partial charge on any atom is -0.491 e. The van der Waals surface area contributed by atoms with Crippen LogP contribution in [0.3, 0.4) is 0 Å². The second-order valence-corrected chi connectivity index (χ2v) is 2.34. The van der Waals surface area contributed by atoms with E-state index in [-0.39, 0.29) is 5.56 Å². The predicted octanol–water partition coefficient (Wildman–Crippen LogP) is 1.07. The van der Waals surface area contributed by atoms with Gasteiger partial charge in [-0.05, 0) is 12.1 Å². The van der Waals surface area contributed by atoms with Crippen molar-refractivity contribution in [3.8, 4) is 5.75 Å². The van der Waals surface area contributed by atoms with Gasteiger partial charge in [-0.2, -0.15) is 0 Å². The van der Waals surface area contributed by atoms with Crippen LogP contribution in [-0.2, 0) is 0 Å². The lowest BCUT2D eigenvalue weighted by molar-refractivity contribution is 0.0999. The Hall–Kier alpha value is -1.65. The number of rotatable bonds is 2. The van der Waals surface area contributed by atoms with Crippen molar-refractivity contribution in [3.05, 3.63) is 29.3 Å². The Morgan fingerprint density at radius 3 is 2.15 bits per heavy atom. The first-order valence-corrected chi connectivity index (χ1v) is 3.39. The largest absolute Gasteiger partial charge is 0.491 e. The van der Waals surface area contributed by atoms with Crippen LogP contribution >= 0.6 is 0 Å². The molecule has 1 aromatic rings. The van der Waals surface area contributed by atoms with Crippen molar-refractivity contribution >= 4 is 5.91 Å². The van der Waals surface area contributed by atoms with Crippen LogP contribution in [0.4, 0.5) is 8.78 Å². The molecule has 1 amide bonds. The van der Waals surface area contributed by atoms with Crippen LogP contribution in [0.2, 0.25) is 0 Å². The molecule has 1 rings (SSSR count). The highest BCUT2D eigenvalue weighted by Gasteiger charge is 2.13. The molecule has 13 heavy (non-hydrogen) atoms. The van der Waals surface area contributed by atoms with Gasteiger partial charge in [-0.15, -0.1) is 0 Å². The van der Waals surface area contributed by atoms with Gasteiger partial charge in [0.2, 0.25) is 5.91 Å². The maximum atomic E-state index is 12.9. The maximum Gasteiger partial charge on any atom is 0.248 e. The molecule has 3 nitrogen and oxygen atoms in total. The van der Waals surface area contributed by atoms with E-state index in [2.05, 4.69) is 4.74 Å². The normalized spacial score (nSPS) is 9.77. The molecule has 0 spiro atoms. The van der Waals surface area contributed by atoms with Gasteiger partial charge >= 0.3 is 0 Å². The number of methoxy groups -OCH3 is 1. The highest BCUT2D eigenvalue weighted by molar-refractivity contribution is 5.92. The molecule has 0 fully saturated rings. The molecular formula is C8H7F2NO2. The predicted molar refractivity (Wildman–Crippen MR) is 41.4 cm³/mol. The summed E-state index contributed by atoms with van der Waals surface area (Å²) in [6.07, 6.45) is 0. The van der Waals surface area contributed by atoms with Crippen LogP contribution < -0.4 is 10.5 Å². The van der Waals surface area contributed by atoms with Crippen LogP contribution in [0.5, 0.6) is 5.75 Å². The van der Waals surface area contributed by atoms with Crippen molar-refractivity contribution < 1.29 is 18.3 Å². The molecule has 5 heteroatoms. The Labute approximate surface area is 73.1 Å². The Morgan fingerprint density at radius 2 is 1.85 bits per heavy atom. The number of hydrogen-bond acceptors (Lipinski definition) is 2. The summed E-state index contributed by atoms with van der Waals surface area (Å²) in [6, 6.07) is 1.65. The zero-order valence-electron chi connectivity index (χ0n) is 6.80. The summed E-state index contributed by atoms with van der Waals surface area (Å²) in [4.78, 5) is 10.6. The number of carbonyl (C=O) groups excluding carboxylic acids is 1. The summed E-state index contributed by atoms with van der Waals surface area (Å²) in [6.45, 7) is 0. The zero-order valence-corrected chi connectivity index (χ0v) is 6.80. The lowest BCUT2D eigenvalue weighted by Gasteiger charge is -2.04. The van der Waals surface area contributed by atoms with Crippen molar-refractivity contribution in [2.24, 2.45) is 5.73 Å². The number of amides is 1. The van der Waals surface area contributed by atoms with Crippen LogP contribution in [0.15, 0.2) is 12.1 Å². The molecule has 1 aromatic carbocycles. The molecule has 0 heterocycles. The fraction of sp³-hybridized carbons (Fsp3) is 0.125. The number of primary amides is 1. The molecule has 0 aromatic heterocycles. The van der Waals surface area contributed by atoms with Crippen molar-refractivity contribution in [2.45, 2.75) is 0 Å². The molecule has 70 valence electrons. The van der Waals surface area contributed by atoms with Gasteiger partial charge in [-0.3, -0.25) is 4.79 Å². The smallest absolute Gasteiger partial charge is 0.248 e. The molecule has 0 atom stereocenters. The first-order chi connectivity index (χ1) is 6.06. The molecule has 0 aliphatic rings. The van der Waals surface area contributed by atoms with E-state index in [4.69, 9.17) is 5.73 Å². The first-order valence-electron chi connectivity index (χ1n) is 3.39. The number of halogens is 2. The molecule has 0 aliphatic heterocycles. The standard InChI is InChI=1S/C8H7F2NO2/c1-13-7-5(9)2-4(8(11)12)3-6(7)10/h2-3H,1H3,(H2,11,12). The molecule has 0 aliphatic carbocycles. The molecule has 0 saturated heterocycles.